The highest BCUT2D eigenvalue weighted by molar-refractivity contribution is 7.99. The number of benzene rings is 2. The molecule has 21 heavy (non-hydrogen) atoms. The molecule has 0 radical (unpaired) electrons. The van der Waals surface area contributed by atoms with E-state index in [4.69, 9.17) is 16.9 Å². The van der Waals surface area contributed by atoms with Gasteiger partial charge in [0.1, 0.15) is 0 Å². The lowest BCUT2D eigenvalue weighted by molar-refractivity contribution is -0.113. The number of hydrogen-bond donors (Lipinski definition) is 1. The molecule has 3 nitrogen and oxygen atoms in total. The van der Waals surface area contributed by atoms with Crippen LogP contribution in [0.4, 0.5) is 5.69 Å². The number of nitrogens with one attached hydrogen (secondary N) is 1. The van der Waals surface area contributed by atoms with Crippen LogP contribution in [0.3, 0.4) is 0 Å². The molecular formula is C16H13ClN2OS. The van der Waals surface area contributed by atoms with Gasteiger partial charge in [-0.1, -0.05) is 35.9 Å². The van der Waals surface area contributed by atoms with E-state index in [1.807, 2.05) is 30.3 Å². The average Bonchev–Trinajstić information content (AvgIpc) is 2.50. The van der Waals surface area contributed by atoms with Crippen molar-refractivity contribution in [3.8, 4) is 6.07 Å². The van der Waals surface area contributed by atoms with Crippen LogP contribution in [0.15, 0.2) is 48.5 Å². The van der Waals surface area contributed by atoms with Crippen LogP contribution < -0.4 is 5.32 Å². The summed E-state index contributed by atoms with van der Waals surface area (Å²) in [5, 5.41) is 12.1. The fourth-order valence-corrected chi connectivity index (χ4v) is 2.70. The van der Waals surface area contributed by atoms with Crippen molar-refractivity contribution in [3.05, 3.63) is 64.7 Å². The molecule has 1 amide bonds. The molecule has 5 heteroatoms. The van der Waals surface area contributed by atoms with E-state index in [2.05, 4.69) is 11.4 Å². The van der Waals surface area contributed by atoms with Crippen molar-refractivity contribution >= 4 is 35.0 Å². The largest absolute Gasteiger partial charge is 0.324 e. The van der Waals surface area contributed by atoms with Crippen LogP contribution in [0.25, 0.3) is 0 Å². The number of nitrogens with zero attached hydrogens (tertiary/aromatic N) is 1. The summed E-state index contributed by atoms with van der Waals surface area (Å²) in [6, 6.07) is 16.6. The molecule has 0 saturated carbocycles. The van der Waals surface area contributed by atoms with Crippen LogP contribution in [-0.2, 0) is 10.5 Å². The summed E-state index contributed by atoms with van der Waals surface area (Å²) in [4.78, 5) is 11.8. The maximum absolute atomic E-state index is 11.8. The van der Waals surface area contributed by atoms with Crippen molar-refractivity contribution in [2.75, 3.05) is 11.1 Å². The molecule has 0 aromatic heterocycles. The first kappa shape index (κ1) is 15.4. The van der Waals surface area contributed by atoms with Crippen molar-refractivity contribution in [2.24, 2.45) is 0 Å². The molecule has 0 saturated heterocycles. The van der Waals surface area contributed by atoms with Crippen molar-refractivity contribution in [3.63, 3.8) is 0 Å². The van der Waals surface area contributed by atoms with Gasteiger partial charge in [0, 0.05) is 5.75 Å². The summed E-state index contributed by atoms with van der Waals surface area (Å²) in [7, 11) is 0. The van der Waals surface area contributed by atoms with E-state index < -0.39 is 0 Å². The third-order valence-corrected chi connectivity index (χ3v) is 4.04. The summed E-state index contributed by atoms with van der Waals surface area (Å²) in [5.74, 6) is 0.928. The molecule has 2 aromatic carbocycles. The summed E-state index contributed by atoms with van der Waals surface area (Å²) in [6.45, 7) is 0. The van der Waals surface area contributed by atoms with Crippen LogP contribution in [0.1, 0.15) is 11.1 Å². The number of para-hydroxylation sites is 1. The fraction of sp³-hybridized carbons (Fsp3) is 0.125. The van der Waals surface area contributed by atoms with E-state index >= 15 is 0 Å². The Morgan fingerprint density at radius 3 is 2.81 bits per heavy atom. The molecule has 0 atom stereocenters. The number of carbonyl (C=O) groups is 1. The van der Waals surface area contributed by atoms with Gasteiger partial charge in [-0.05, 0) is 29.8 Å². The third kappa shape index (κ3) is 4.82. The minimum atomic E-state index is -0.0930. The number of anilines is 1. The molecule has 0 fully saturated rings. The van der Waals surface area contributed by atoms with Gasteiger partial charge in [-0.25, -0.2) is 0 Å². The standard InChI is InChI=1S/C16H13ClN2OS/c17-14-6-1-2-7-15(14)19-16(20)11-21-10-13-5-3-4-12(8-13)9-18/h1-8H,10-11H2,(H,19,20). The Labute approximate surface area is 132 Å². The molecule has 0 bridgehead atoms. The van der Waals surface area contributed by atoms with Gasteiger partial charge in [-0.15, -0.1) is 11.8 Å². The molecule has 1 N–H and O–H groups in total. The molecule has 0 heterocycles. The second-order valence-corrected chi connectivity index (χ2v) is 5.73. The summed E-state index contributed by atoms with van der Waals surface area (Å²) >= 11 is 7.47. The molecule has 0 unspecified atom stereocenters. The molecule has 2 rings (SSSR count). The topological polar surface area (TPSA) is 52.9 Å². The average molecular weight is 317 g/mol. The van der Waals surface area contributed by atoms with Gasteiger partial charge < -0.3 is 5.32 Å². The quantitative estimate of drug-likeness (QED) is 0.904. The van der Waals surface area contributed by atoms with Crippen molar-refractivity contribution in [1.29, 1.82) is 5.26 Å². The van der Waals surface area contributed by atoms with Crippen molar-refractivity contribution < 1.29 is 4.79 Å². The first-order valence-electron chi connectivity index (χ1n) is 6.30. The van der Waals surface area contributed by atoms with Gasteiger partial charge in [0.2, 0.25) is 5.91 Å². The van der Waals surface area contributed by atoms with Gasteiger partial charge in [0.05, 0.1) is 28.1 Å². The van der Waals surface area contributed by atoms with Crippen LogP contribution in [0.2, 0.25) is 5.02 Å². The number of amides is 1. The summed E-state index contributed by atoms with van der Waals surface area (Å²) in [6.07, 6.45) is 0. The lowest BCUT2D eigenvalue weighted by Gasteiger charge is -2.07. The summed E-state index contributed by atoms with van der Waals surface area (Å²) in [5.41, 5.74) is 2.29. The van der Waals surface area contributed by atoms with E-state index in [1.165, 1.54) is 11.8 Å². The highest BCUT2D eigenvalue weighted by atomic mass is 35.5. The van der Waals surface area contributed by atoms with E-state index in [1.54, 1.807) is 18.2 Å². The van der Waals surface area contributed by atoms with Crippen molar-refractivity contribution in [2.45, 2.75) is 5.75 Å². The Morgan fingerprint density at radius 2 is 2.05 bits per heavy atom. The molecule has 106 valence electrons. The van der Waals surface area contributed by atoms with Crippen LogP contribution in [-0.4, -0.2) is 11.7 Å². The van der Waals surface area contributed by atoms with Gasteiger partial charge in [-0.3, -0.25) is 4.79 Å². The molecule has 0 aliphatic rings. The summed E-state index contributed by atoms with van der Waals surface area (Å²) < 4.78 is 0. The van der Waals surface area contributed by atoms with Gasteiger partial charge in [0.15, 0.2) is 0 Å². The lowest BCUT2D eigenvalue weighted by atomic mass is 10.2. The lowest BCUT2D eigenvalue weighted by Crippen LogP contribution is -2.14. The maximum atomic E-state index is 11.8. The Hall–Kier alpha value is -1.96. The molecule has 0 spiro atoms. The van der Waals surface area contributed by atoms with Crippen LogP contribution in [0, 0.1) is 11.3 Å². The van der Waals surface area contributed by atoms with Gasteiger partial charge >= 0.3 is 0 Å². The second kappa shape index (κ2) is 7.72. The van der Waals surface area contributed by atoms with Gasteiger partial charge in [-0.2, -0.15) is 5.26 Å². The zero-order chi connectivity index (χ0) is 15.1. The predicted octanol–water partition coefficient (Wildman–Crippen LogP) is 4.08. The number of halogens is 1. The van der Waals surface area contributed by atoms with E-state index in [9.17, 15) is 4.79 Å². The molecular weight excluding hydrogens is 304 g/mol. The first-order chi connectivity index (χ1) is 10.2. The number of hydrogen-bond acceptors (Lipinski definition) is 3. The minimum Gasteiger partial charge on any atom is -0.324 e. The zero-order valence-electron chi connectivity index (χ0n) is 11.2. The first-order valence-corrected chi connectivity index (χ1v) is 7.83. The monoisotopic (exact) mass is 316 g/mol. The Bertz CT molecular complexity index is 682. The predicted molar refractivity (Wildman–Crippen MR) is 87.4 cm³/mol. The minimum absolute atomic E-state index is 0.0930. The second-order valence-electron chi connectivity index (χ2n) is 4.33. The Morgan fingerprint density at radius 1 is 1.24 bits per heavy atom. The number of nitriles is 1. The molecule has 2 aromatic rings. The maximum Gasteiger partial charge on any atom is 0.234 e. The van der Waals surface area contributed by atoms with Gasteiger partial charge in [0.25, 0.3) is 0 Å². The van der Waals surface area contributed by atoms with E-state index in [-0.39, 0.29) is 5.91 Å². The number of thioether (sulfide) groups is 1. The fourth-order valence-electron chi connectivity index (χ4n) is 1.74. The van der Waals surface area contributed by atoms with E-state index in [0.717, 1.165) is 5.56 Å². The highest BCUT2D eigenvalue weighted by Gasteiger charge is 2.05. The number of rotatable bonds is 5. The highest BCUT2D eigenvalue weighted by Crippen LogP contribution is 2.21. The Kier molecular flexibility index (Phi) is 5.68. The van der Waals surface area contributed by atoms with Crippen LogP contribution in [0.5, 0.6) is 0 Å². The smallest absolute Gasteiger partial charge is 0.234 e. The van der Waals surface area contributed by atoms with E-state index in [0.29, 0.717) is 27.8 Å². The SMILES string of the molecule is N#Cc1cccc(CSCC(=O)Nc2ccccc2Cl)c1. The molecule has 0 aliphatic carbocycles. The third-order valence-electron chi connectivity index (χ3n) is 2.71. The van der Waals surface area contributed by atoms with Crippen LogP contribution >= 0.6 is 23.4 Å². The number of carbonyl (C=O) groups excluding carboxylic acids is 1. The van der Waals surface area contributed by atoms with Crippen molar-refractivity contribution in [1.82, 2.24) is 0 Å². The Balaban J connectivity index is 1.82. The zero-order valence-corrected chi connectivity index (χ0v) is 12.7. The molecule has 0 aliphatic heterocycles. The normalized spacial score (nSPS) is 9.90.